The summed E-state index contributed by atoms with van der Waals surface area (Å²) in [5.74, 6) is -2.13. The maximum Gasteiger partial charge on any atom is 0.433 e. The highest BCUT2D eigenvalue weighted by atomic mass is 32.2. The second-order valence-corrected chi connectivity index (χ2v) is 11.3. The number of hydrogen-bond donors (Lipinski definition) is 2. The van der Waals surface area contributed by atoms with Crippen molar-refractivity contribution in [1.82, 2.24) is 15.2 Å². The highest BCUT2D eigenvalue weighted by molar-refractivity contribution is 7.90. The number of carbonyl (C=O) groups is 1. The van der Waals surface area contributed by atoms with Crippen LogP contribution in [0.4, 0.5) is 17.6 Å². The van der Waals surface area contributed by atoms with Gasteiger partial charge in [0.25, 0.3) is 0 Å². The molecule has 0 bridgehead atoms. The molecule has 1 saturated heterocycles. The number of hydrogen-bond acceptors (Lipinski definition) is 6. The lowest BCUT2D eigenvalue weighted by Gasteiger charge is -2.27. The quantitative estimate of drug-likeness (QED) is 0.505. The van der Waals surface area contributed by atoms with Gasteiger partial charge in [-0.25, -0.2) is 17.8 Å². The lowest BCUT2D eigenvalue weighted by atomic mass is 9.98. The van der Waals surface area contributed by atoms with Crippen LogP contribution >= 0.6 is 0 Å². The first-order valence-electron chi connectivity index (χ1n) is 11.6. The van der Waals surface area contributed by atoms with Crippen LogP contribution in [0.2, 0.25) is 0 Å². The first-order valence-corrected chi connectivity index (χ1v) is 13.5. The van der Waals surface area contributed by atoms with Gasteiger partial charge in [0.2, 0.25) is 5.91 Å². The van der Waals surface area contributed by atoms with Gasteiger partial charge >= 0.3 is 6.18 Å². The van der Waals surface area contributed by atoms with E-state index in [1.807, 2.05) is 4.90 Å². The molecule has 36 heavy (non-hydrogen) atoms. The molecule has 1 aromatic heterocycles. The van der Waals surface area contributed by atoms with Gasteiger partial charge in [0, 0.05) is 24.9 Å². The van der Waals surface area contributed by atoms with Gasteiger partial charge in [-0.2, -0.15) is 13.2 Å². The van der Waals surface area contributed by atoms with E-state index in [0.717, 1.165) is 50.7 Å². The van der Waals surface area contributed by atoms with E-state index < -0.39 is 44.7 Å². The smallest absolute Gasteiger partial charge is 0.351 e. The number of carbonyl (C=O) groups excluding carboxylic acids is 1. The fraction of sp³-hybridized carbons (Fsp3) is 0.500. The molecule has 2 atom stereocenters. The molecular weight excluding hydrogens is 500 g/mol. The van der Waals surface area contributed by atoms with Crippen molar-refractivity contribution in [3.05, 3.63) is 64.2 Å². The molecule has 7 nitrogen and oxygen atoms in total. The molecule has 1 aliphatic heterocycles. The number of pyridine rings is 1. The van der Waals surface area contributed by atoms with Crippen LogP contribution in [0, 0.1) is 5.82 Å². The Morgan fingerprint density at radius 3 is 2.42 bits per heavy atom. The van der Waals surface area contributed by atoms with Crippen molar-refractivity contribution >= 4 is 15.7 Å². The molecule has 1 fully saturated rings. The third-order valence-corrected chi connectivity index (χ3v) is 7.50. The zero-order valence-electron chi connectivity index (χ0n) is 20.1. The largest absolute Gasteiger partial charge is 0.433 e. The van der Waals surface area contributed by atoms with E-state index in [1.54, 1.807) is 6.92 Å². The number of alkyl halides is 3. The van der Waals surface area contributed by atoms with Crippen LogP contribution in [0.1, 0.15) is 65.6 Å². The molecule has 2 aromatic rings. The molecular formula is C24H30F4N4O3S. The van der Waals surface area contributed by atoms with E-state index in [1.165, 1.54) is 18.2 Å². The molecule has 2 heterocycles. The number of sulfone groups is 1. The van der Waals surface area contributed by atoms with Crippen LogP contribution < -0.4 is 11.1 Å². The fourth-order valence-corrected chi connectivity index (χ4v) is 4.73. The van der Waals surface area contributed by atoms with E-state index in [0.29, 0.717) is 11.1 Å². The Labute approximate surface area is 208 Å². The van der Waals surface area contributed by atoms with Crippen molar-refractivity contribution in [3.8, 4) is 0 Å². The van der Waals surface area contributed by atoms with Gasteiger partial charge in [-0.1, -0.05) is 24.6 Å². The minimum absolute atomic E-state index is 0.0446. The molecule has 0 radical (unpaired) electrons. The van der Waals surface area contributed by atoms with Crippen LogP contribution in [-0.2, 0) is 33.9 Å². The summed E-state index contributed by atoms with van der Waals surface area (Å²) in [6.45, 7) is 3.28. The summed E-state index contributed by atoms with van der Waals surface area (Å²) in [6, 6.07) is 5.93. The molecule has 0 saturated carbocycles. The van der Waals surface area contributed by atoms with Crippen molar-refractivity contribution in [3.63, 3.8) is 0 Å². The van der Waals surface area contributed by atoms with Crippen molar-refractivity contribution < 1.29 is 30.8 Å². The minimum atomic E-state index is -4.58. The van der Waals surface area contributed by atoms with Crippen LogP contribution in [0.25, 0.3) is 0 Å². The van der Waals surface area contributed by atoms with Gasteiger partial charge < -0.3 is 11.1 Å². The Balaban J connectivity index is 1.74. The van der Waals surface area contributed by atoms with E-state index in [-0.39, 0.29) is 24.3 Å². The molecule has 1 aliphatic rings. The molecule has 1 amide bonds. The van der Waals surface area contributed by atoms with Gasteiger partial charge in [0.1, 0.15) is 16.9 Å². The summed E-state index contributed by atoms with van der Waals surface area (Å²) in [6.07, 6.45) is -0.672. The van der Waals surface area contributed by atoms with Gasteiger partial charge in [0.15, 0.2) is 9.84 Å². The molecule has 1 aromatic carbocycles. The van der Waals surface area contributed by atoms with Crippen LogP contribution in [0.15, 0.2) is 30.3 Å². The third-order valence-electron chi connectivity index (χ3n) is 6.32. The average Bonchev–Trinajstić information content (AvgIpc) is 2.81. The predicted octanol–water partition coefficient (Wildman–Crippen LogP) is 3.65. The highest BCUT2D eigenvalue weighted by Crippen LogP contribution is 2.29. The van der Waals surface area contributed by atoms with E-state index in [9.17, 15) is 30.8 Å². The first kappa shape index (κ1) is 28.0. The average molecular weight is 531 g/mol. The molecule has 0 aliphatic carbocycles. The fourth-order valence-electron chi connectivity index (χ4n) is 4.08. The Bertz CT molecular complexity index is 1200. The van der Waals surface area contributed by atoms with Gasteiger partial charge in [-0.15, -0.1) is 0 Å². The monoisotopic (exact) mass is 530 g/mol. The number of nitrogens with one attached hydrogen (secondary N) is 1. The number of piperidine rings is 1. The molecule has 0 spiro atoms. The summed E-state index contributed by atoms with van der Waals surface area (Å²) in [7, 11) is -3.72. The zero-order valence-corrected chi connectivity index (χ0v) is 20.9. The van der Waals surface area contributed by atoms with E-state index >= 15 is 0 Å². The summed E-state index contributed by atoms with van der Waals surface area (Å²) < 4.78 is 77.5. The van der Waals surface area contributed by atoms with Gasteiger partial charge in [0.05, 0.1) is 11.6 Å². The lowest BCUT2D eigenvalue weighted by Crippen LogP contribution is -2.32. The maximum atomic E-state index is 14.5. The number of likely N-dealkylation sites (tertiary alicyclic amines) is 1. The number of rotatable bonds is 8. The summed E-state index contributed by atoms with van der Waals surface area (Å²) in [5, 5.41) is 1.17. The number of benzene rings is 1. The highest BCUT2D eigenvalue weighted by Gasteiger charge is 2.33. The van der Waals surface area contributed by atoms with Crippen molar-refractivity contribution in [2.45, 2.75) is 56.7 Å². The first-order chi connectivity index (χ1) is 16.8. The van der Waals surface area contributed by atoms with Gasteiger partial charge in [-0.05, 0) is 56.1 Å². The lowest BCUT2D eigenvalue weighted by molar-refractivity contribution is -0.141. The Hall–Kier alpha value is -2.57. The minimum Gasteiger partial charge on any atom is -0.351 e. The normalized spacial score (nSPS) is 17.0. The van der Waals surface area contributed by atoms with Crippen LogP contribution in [0.5, 0.6) is 0 Å². The van der Waals surface area contributed by atoms with E-state index in [2.05, 4.69) is 10.3 Å². The molecule has 12 heteroatoms. The van der Waals surface area contributed by atoms with Crippen molar-refractivity contribution in [2.75, 3.05) is 19.3 Å². The summed E-state index contributed by atoms with van der Waals surface area (Å²) in [5.41, 5.74) is 5.44. The Morgan fingerprint density at radius 2 is 1.83 bits per heavy atom. The molecule has 3 N–H and O–H groups in total. The number of halogens is 4. The van der Waals surface area contributed by atoms with Gasteiger partial charge in [-0.3, -0.25) is 9.69 Å². The number of nitrogens with two attached hydrogens (primary N) is 1. The Kier molecular flexibility index (Phi) is 8.73. The second-order valence-electron chi connectivity index (χ2n) is 9.11. The van der Waals surface area contributed by atoms with Crippen molar-refractivity contribution in [1.29, 1.82) is 0 Å². The Morgan fingerprint density at radius 1 is 1.17 bits per heavy atom. The van der Waals surface area contributed by atoms with Crippen molar-refractivity contribution in [2.24, 2.45) is 5.73 Å². The van der Waals surface area contributed by atoms with E-state index in [4.69, 9.17) is 5.73 Å². The predicted molar refractivity (Wildman–Crippen MR) is 127 cm³/mol. The maximum absolute atomic E-state index is 14.5. The number of nitrogens with zero attached hydrogens (tertiary/aromatic N) is 2. The number of aromatic nitrogens is 1. The third kappa shape index (κ3) is 7.01. The molecule has 3 rings (SSSR count). The number of amides is 1. The summed E-state index contributed by atoms with van der Waals surface area (Å²) in [4.78, 5) is 18.7. The second kappa shape index (κ2) is 11.2. The SMILES string of the molecule is CC(C(=O)NCc1ccc(C(F)(F)F)nc1CN1CCCCC1)c1ccc(C(N)S(C)(=O)=O)c(F)c1. The standard InChI is InChI=1S/C24H30F4N4O3S/c1-15(16-6-8-18(19(25)12-16)22(29)36(2,34)35)23(33)30-13-17-7-9-21(24(26,27)28)31-20(17)14-32-10-4-3-5-11-32/h6-9,12,15,22H,3-5,10-11,13-14,29H2,1-2H3,(H,30,33). The molecule has 198 valence electrons. The van der Waals surface area contributed by atoms with Crippen LogP contribution in [-0.4, -0.2) is 43.6 Å². The summed E-state index contributed by atoms with van der Waals surface area (Å²) >= 11 is 0. The van der Waals surface area contributed by atoms with Crippen LogP contribution in [0.3, 0.4) is 0 Å². The molecule has 2 unspecified atom stereocenters. The topological polar surface area (TPSA) is 105 Å². The zero-order chi connectivity index (χ0) is 26.7.